The number of nitrogens with zero attached hydrogens (tertiary/aromatic N) is 2. The molecule has 37 heavy (non-hydrogen) atoms. The predicted octanol–water partition coefficient (Wildman–Crippen LogP) is 7.14. The van der Waals surface area contributed by atoms with Crippen LogP contribution in [-0.2, 0) is 4.74 Å². The van der Waals surface area contributed by atoms with Crippen molar-refractivity contribution in [1.82, 2.24) is 9.80 Å². The molecule has 0 radical (unpaired) electrons. The first kappa shape index (κ1) is 30.0. The van der Waals surface area contributed by atoms with Gasteiger partial charge in [-0.25, -0.2) is 9.18 Å². The Hall–Kier alpha value is -3.22. The van der Waals surface area contributed by atoms with E-state index in [0.29, 0.717) is 25.6 Å². The fraction of sp³-hybridized carbons (Fsp3) is 0.500. The van der Waals surface area contributed by atoms with Gasteiger partial charge in [-0.1, -0.05) is 31.7 Å². The van der Waals surface area contributed by atoms with E-state index in [1.807, 2.05) is 45.0 Å². The van der Waals surface area contributed by atoms with Gasteiger partial charge in [0.15, 0.2) is 11.6 Å². The van der Waals surface area contributed by atoms with Crippen LogP contribution in [0.5, 0.6) is 5.75 Å². The molecule has 1 saturated heterocycles. The number of rotatable bonds is 11. The molecule has 0 bridgehead atoms. The number of likely N-dealkylation sites (tertiary alicyclic amines) is 1. The summed E-state index contributed by atoms with van der Waals surface area (Å²) in [6.07, 6.45) is 13.5. The van der Waals surface area contributed by atoms with Gasteiger partial charge in [0.1, 0.15) is 5.60 Å². The van der Waals surface area contributed by atoms with Gasteiger partial charge in [-0.05, 0) is 81.9 Å². The highest BCUT2D eigenvalue weighted by molar-refractivity contribution is 5.68. The van der Waals surface area contributed by atoms with Gasteiger partial charge in [-0.2, -0.15) is 0 Å². The van der Waals surface area contributed by atoms with Crippen LogP contribution in [0.4, 0.5) is 14.9 Å². The van der Waals surface area contributed by atoms with Crippen LogP contribution >= 0.6 is 0 Å². The monoisotopic (exact) mass is 513 g/mol. The molecule has 1 heterocycles. The Morgan fingerprint density at radius 3 is 2.57 bits per heavy atom. The third-order valence-corrected chi connectivity index (χ3v) is 6.13. The van der Waals surface area contributed by atoms with Crippen molar-refractivity contribution in [2.45, 2.75) is 59.0 Å². The number of carbonyl (C=O) groups excluding carboxylic acids is 1. The molecule has 0 spiro atoms. The molecule has 0 atom stereocenters. The lowest BCUT2D eigenvalue weighted by atomic mass is 9.84. The highest BCUT2D eigenvalue weighted by Crippen LogP contribution is 2.32. The second-order valence-corrected chi connectivity index (χ2v) is 10.2. The number of ether oxygens (including phenoxy) is 2. The molecule has 1 amide bonds. The van der Waals surface area contributed by atoms with Crippen molar-refractivity contribution in [3.63, 3.8) is 0 Å². The number of nitrogens with one attached hydrogen (secondary N) is 1. The second-order valence-electron chi connectivity index (χ2n) is 10.2. The van der Waals surface area contributed by atoms with Crippen LogP contribution < -0.4 is 10.1 Å². The van der Waals surface area contributed by atoms with E-state index in [-0.39, 0.29) is 17.7 Å². The van der Waals surface area contributed by atoms with Crippen molar-refractivity contribution in [3.05, 3.63) is 72.4 Å². The van der Waals surface area contributed by atoms with E-state index < -0.39 is 5.60 Å². The zero-order valence-corrected chi connectivity index (χ0v) is 23.4. The predicted molar refractivity (Wildman–Crippen MR) is 150 cm³/mol. The zero-order chi connectivity index (χ0) is 27.4. The Bertz CT molecular complexity index is 986. The van der Waals surface area contributed by atoms with Crippen molar-refractivity contribution >= 4 is 11.8 Å². The minimum absolute atomic E-state index is 0.236. The maximum atomic E-state index is 13.9. The number of anilines is 1. The van der Waals surface area contributed by atoms with Gasteiger partial charge in [0.05, 0.1) is 7.11 Å². The minimum atomic E-state index is -0.490. The van der Waals surface area contributed by atoms with Crippen LogP contribution in [0.1, 0.15) is 53.4 Å². The highest BCUT2D eigenvalue weighted by atomic mass is 19.1. The molecule has 1 aromatic rings. The summed E-state index contributed by atoms with van der Waals surface area (Å²) in [4.78, 5) is 16.4. The Morgan fingerprint density at radius 2 is 2.00 bits per heavy atom. The van der Waals surface area contributed by atoms with Gasteiger partial charge < -0.3 is 24.6 Å². The van der Waals surface area contributed by atoms with Gasteiger partial charge in [-0.15, -0.1) is 0 Å². The zero-order valence-electron chi connectivity index (χ0n) is 23.4. The van der Waals surface area contributed by atoms with E-state index >= 15 is 0 Å². The molecule has 0 saturated carbocycles. The summed E-state index contributed by atoms with van der Waals surface area (Å²) < 4.78 is 24.4. The Balaban J connectivity index is 1.99. The molecular weight excluding hydrogens is 469 g/mol. The topological polar surface area (TPSA) is 54.0 Å². The molecule has 0 aliphatic carbocycles. The number of halogens is 1. The number of piperidine rings is 1. The number of benzene rings is 1. The SMILES string of the molecule is C=C/C=C(CC)/C(=C\N(C)/C=C/CCNc1ccc(OC)c(F)c1)C1CCN(C(=O)OC(C)(C)C)CC1. The van der Waals surface area contributed by atoms with Crippen LogP contribution in [0.25, 0.3) is 0 Å². The summed E-state index contributed by atoms with van der Waals surface area (Å²) in [7, 11) is 3.48. The van der Waals surface area contributed by atoms with Crippen LogP contribution in [0, 0.1) is 11.7 Å². The van der Waals surface area contributed by atoms with Crippen molar-refractivity contribution in [2.75, 3.05) is 39.1 Å². The summed E-state index contributed by atoms with van der Waals surface area (Å²) in [6, 6.07) is 4.86. The second kappa shape index (κ2) is 14.5. The Morgan fingerprint density at radius 1 is 1.30 bits per heavy atom. The average Bonchev–Trinajstić information content (AvgIpc) is 2.85. The van der Waals surface area contributed by atoms with Gasteiger partial charge in [0.25, 0.3) is 0 Å². The number of hydrogen-bond donors (Lipinski definition) is 1. The third-order valence-electron chi connectivity index (χ3n) is 6.13. The lowest BCUT2D eigenvalue weighted by Gasteiger charge is -2.35. The van der Waals surface area contributed by atoms with E-state index in [1.165, 1.54) is 24.3 Å². The number of carbonyl (C=O) groups is 1. The fourth-order valence-electron chi connectivity index (χ4n) is 4.29. The fourth-order valence-corrected chi connectivity index (χ4v) is 4.29. The van der Waals surface area contributed by atoms with Crippen LogP contribution in [0.3, 0.4) is 0 Å². The number of amides is 1. The Kier molecular flexibility index (Phi) is 11.8. The first-order valence-electron chi connectivity index (χ1n) is 13.1. The first-order chi connectivity index (χ1) is 17.6. The van der Waals surface area contributed by atoms with Crippen molar-refractivity contribution < 1.29 is 18.7 Å². The lowest BCUT2D eigenvalue weighted by Crippen LogP contribution is -2.42. The van der Waals surface area contributed by atoms with E-state index in [9.17, 15) is 9.18 Å². The Labute approximate surface area is 222 Å². The molecule has 204 valence electrons. The first-order valence-corrected chi connectivity index (χ1v) is 13.1. The lowest BCUT2D eigenvalue weighted by molar-refractivity contribution is 0.0194. The molecule has 1 aliphatic heterocycles. The number of hydrogen-bond acceptors (Lipinski definition) is 5. The van der Waals surface area contributed by atoms with Crippen LogP contribution in [0.15, 0.2) is 66.6 Å². The maximum absolute atomic E-state index is 13.9. The quantitative estimate of drug-likeness (QED) is 0.252. The van der Waals surface area contributed by atoms with Crippen LogP contribution in [-0.4, -0.2) is 55.3 Å². The molecule has 1 aliphatic rings. The number of methoxy groups -OCH3 is 1. The van der Waals surface area contributed by atoms with E-state index in [0.717, 1.165) is 31.4 Å². The minimum Gasteiger partial charge on any atom is -0.494 e. The van der Waals surface area contributed by atoms with Crippen molar-refractivity contribution in [1.29, 1.82) is 0 Å². The normalized spacial score (nSPS) is 15.6. The van der Waals surface area contributed by atoms with E-state index in [2.05, 4.69) is 42.1 Å². The largest absolute Gasteiger partial charge is 0.494 e. The van der Waals surface area contributed by atoms with Gasteiger partial charge in [-0.3, -0.25) is 0 Å². The molecule has 7 heteroatoms. The summed E-state index contributed by atoms with van der Waals surface area (Å²) in [5.74, 6) is 0.214. The smallest absolute Gasteiger partial charge is 0.410 e. The molecule has 1 fully saturated rings. The molecule has 0 unspecified atom stereocenters. The van der Waals surface area contributed by atoms with E-state index in [4.69, 9.17) is 9.47 Å². The van der Waals surface area contributed by atoms with Crippen LogP contribution in [0.2, 0.25) is 0 Å². The molecular formula is C30H44FN3O3. The molecule has 6 nitrogen and oxygen atoms in total. The third kappa shape index (κ3) is 9.98. The summed E-state index contributed by atoms with van der Waals surface area (Å²) in [6.45, 7) is 13.8. The van der Waals surface area contributed by atoms with Gasteiger partial charge in [0, 0.05) is 44.6 Å². The molecule has 0 aromatic heterocycles. The standard InChI is InChI=1S/C30H44FN3O3/c1-8-12-23(9-2)26(24-15-19-34(20-16-24)29(35)37-30(3,4)5)22-33(6)18-11-10-17-32-25-13-14-28(36-7)27(31)21-25/h8,11-14,18,21-22,24,32H,1,9-10,15-17,19-20H2,2-7H3/b18-11+,23-12+,26-22+. The van der Waals surface area contributed by atoms with Gasteiger partial charge in [0.2, 0.25) is 0 Å². The average molecular weight is 514 g/mol. The summed E-state index contributed by atoms with van der Waals surface area (Å²) in [5, 5.41) is 3.23. The van der Waals surface area contributed by atoms with Crippen molar-refractivity contribution in [2.24, 2.45) is 5.92 Å². The van der Waals surface area contributed by atoms with Gasteiger partial charge >= 0.3 is 6.09 Å². The van der Waals surface area contributed by atoms with E-state index in [1.54, 1.807) is 12.1 Å². The number of allylic oxidation sites excluding steroid dienone is 4. The summed E-state index contributed by atoms with van der Waals surface area (Å²) in [5.41, 5.74) is 2.78. The molecule has 1 aromatic carbocycles. The molecule has 1 N–H and O–H groups in total. The summed E-state index contributed by atoms with van der Waals surface area (Å²) >= 11 is 0. The maximum Gasteiger partial charge on any atom is 0.410 e. The van der Waals surface area contributed by atoms with Crippen molar-refractivity contribution in [3.8, 4) is 5.75 Å². The highest BCUT2D eigenvalue weighted by Gasteiger charge is 2.29. The molecule has 2 rings (SSSR count).